The van der Waals surface area contributed by atoms with Crippen LogP contribution in [0.15, 0.2) is 53.0 Å². The molecule has 0 saturated heterocycles. The van der Waals surface area contributed by atoms with Crippen LogP contribution in [0.1, 0.15) is 5.56 Å². The molecule has 136 valence electrons. The predicted molar refractivity (Wildman–Crippen MR) is 97.2 cm³/mol. The third-order valence-electron chi connectivity index (χ3n) is 3.81. The van der Waals surface area contributed by atoms with Crippen LogP contribution in [0, 0.1) is 28.8 Å². The molecule has 0 aliphatic rings. The smallest absolute Gasteiger partial charge is 0.201 e. The first kappa shape index (κ1) is 18.8. The summed E-state index contributed by atoms with van der Waals surface area (Å²) < 4.78 is 52.6. The Balaban J connectivity index is 2.11. The van der Waals surface area contributed by atoms with E-state index in [-0.39, 0.29) is 33.9 Å². The highest BCUT2D eigenvalue weighted by atomic mass is 79.9. The minimum atomic E-state index is -1.15. The maximum absolute atomic E-state index is 14.5. The Morgan fingerprint density at radius 1 is 0.889 bits per heavy atom. The molecule has 0 amide bonds. The Bertz CT molecular complexity index is 1060. The van der Waals surface area contributed by atoms with Gasteiger partial charge in [0.1, 0.15) is 28.9 Å². The number of nitrogens with zero attached hydrogens (tertiary/aromatic N) is 1. The molecule has 3 aromatic carbocycles. The first-order valence-corrected chi connectivity index (χ1v) is 8.44. The normalized spacial score (nSPS) is 10.4. The van der Waals surface area contributed by atoms with Crippen LogP contribution >= 0.6 is 15.9 Å². The Labute approximate surface area is 161 Å². The van der Waals surface area contributed by atoms with Gasteiger partial charge in [-0.1, -0.05) is 12.1 Å². The molecule has 0 atom stereocenters. The van der Waals surface area contributed by atoms with Gasteiger partial charge in [-0.15, -0.1) is 0 Å². The molecule has 27 heavy (non-hydrogen) atoms. The van der Waals surface area contributed by atoms with E-state index in [0.717, 1.165) is 0 Å². The third kappa shape index (κ3) is 3.62. The van der Waals surface area contributed by atoms with E-state index in [1.807, 2.05) is 6.07 Å². The van der Waals surface area contributed by atoms with Crippen molar-refractivity contribution in [2.45, 2.75) is 0 Å². The fraction of sp³-hybridized carbons (Fsp3) is 0.0500. The zero-order valence-corrected chi connectivity index (χ0v) is 15.5. The Morgan fingerprint density at radius 2 is 1.63 bits per heavy atom. The first-order chi connectivity index (χ1) is 13.0. The summed E-state index contributed by atoms with van der Waals surface area (Å²) in [6.45, 7) is 0. The van der Waals surface area contributed by atoms with Crippen LogP contribution in [0.5, 0.6) is 17.2 Å². The molecule has 0 aliphatic heterocycles. The molecule has 3 rings (SSSR count). The lowest BCUT2D eigenvalue weighted by Gasteiger charge is -2.13. The lowest BCUT2D eigenvalue weighted by molar-refractivity contribution is 0.372. The summed E-state index contributed by atoms with van der Waals surface area (Å²) in [6.07, 6.45) is 0. The lowest BCUT2D eigenvalue weighted by Crippen LogP contribution is -1.98. The molecular formula is C20H11BrF3NO2. The zero-order chi connectivity index (χ0) is 19.6. The fourth-order valence-electron chi connectivity index (χ4n) is 2.53. The molecule has 0 aromatic heterocycles. The molecule has 0 heterocycles. The van der Waals surface area contributed by atoms with E-state index in [1.165, 1.54) is 49.6 Å². The first-order valence-electron chi connectivity index (χ1n) is 7.64. The largest absolute Gasteiger partial charge is 0.494 e. The van der Waals surface area contributed by atoms with Crippen LogP contribution in [-0.2, 0) is 0 Å². The fourth-order valence-corrected chi connectivity index (χ4v) is 2.96. The van der Waals surface area contributed by atoms with Gasteiger partial charge in [-0.3, -0.25) is 0 Å². The van der Waals surface area contributed by atoms with Crippen molar-refractivity contribution in [2.75, 3.05) is 7.11 Å². The van der Waals surface area contributed by atoms with E-state index in [4.69, 9.17) is 9.47 Å². The summed E-state index contributed by atoms with van der Waals surface area (Å²) >= 11 is 3.18. The van der Waals surface area contributed by atoms with Gasteiger partial charge in [0.15, 0.2) is 11.6 Å². The molecular weight excluding hydrogens is 423 g/mol. The van der Waals surface area contributed by atoms with Crippen LogP contribution in [0.4, 0.5) is 13.2 Å². The summed E-state index contributed by atoms with van der Waals surface area (Å²) in [7, 11) is 1.23. The van der Waals surface area contributed by atoms with E-state index in [0.29, 0.717) is 4.47 Å². The van der Waals surface area contributed by atoms with Gasteiger partial charge in [-0.2, -0.15) is 9.65 Å². The minimum absolute atomic E-state index is 0.0113. The van der Waals surface area contributed by atoms with Gasteiger partial charge in [0.2, 0.25) is 5.82 Å². The summed E-state index contributed by atoms with van der Waals surface area (Å²) in [6, 6.07) is 12.9. The SMILES string of the molecule is COc1ccc(-c2cccc(Oc3ccc(F)cc3Br)c2C#N)c(F)c1F. The number of halogens is 4. The Kier molecular flexibility index (Phi) is 5.38. The minimum Gasteiger partial charge on any atom is -0.494 e. The van der Waals surface area contributed by atoms with Gasteiger partial charge in [0.05, 0.1) is 11.6 Å². The van der Waals surface area contributed by atoms with Crippen molar-refractivity contribution in [1.82, 2.24) is 0 Å². The standard InChI is InChI=1S/C20H11BrF3NO2/c1-26-18-8-6-13(19(23)20(18)24)12-3-2-4-16(14(12)10-25)27-17-7-5-11(22)9-15(17)21/h2-9H,1H3. The van der Waals surface area contributed by atoms with Crippen molar-refractivity contribution in [3.63, 3.8) is 0 Å². The monoisotopic (exact) mass is 433 g/mol. The van der Waals surface area contributed by atoms with Crippen LogP contribution in [0.3, 0.4) is 0 Å². The quantitative estimate of drug-likeness (QED) is 0.491. The van der Waals surface area contributed by atoms with Crippen molar-refractivity contribution in [1.29, 1.82) is 5.26 Å². The van der Waals surface area contributed by atoms with Crippen molar-refractivity contribution >= 4 is 15.9 Å². The number of hydrogen-bond donors (Lipinski definition) is 0. The molecule has 0 spiro atoms. The van der Waals surface area contributed by atoms with Crippen molar-refractivity contribution in [3.8, 4) is 34.4 Å². The molecule has 0 fully saturated rings. The van der Waals surface area contributed by atoms with E-state index in [9.17, 15) is 18.4 Å². The number of hydrogen-bond acceptors (Lipinski definition) is 3. The second-order valence-electron chi connectivity index (χ2n) is 5.41. The molecule has 0 unspecified atom stereocenters. The molecule has 3 aromatic rings. The zero-order valence-electron chi connectivity index (χ0n) is 13.9. The highest BCUT2D eigenvalue weighted by Gasteiger charge is 2.20. The summed E-state index contributed by atoms with van der Waals surface area (Å²) in [5.41, 5.74) is 0.0675. The molecule has 3 nitrogen and oxygen atoms in total. The van der Waals surface area contributed by atoms with Crippen molar-refractivity contribution < 1.29 is 22.6 Å². The van der Waals surface area contributed by atoms with Gasteiger partial charge in [-0.05, 0) is 52.3 Å². The summed E-state index contributed by atoms with van der Waals surface area (Å²) in [4.78, 5) is 0. The van der Waals surface area contributed by atoms with Crippen molar-refractivity contribution in [3.05, 3.63) is 76.0 Å². The second kappa shape index (κ2) is 7.72. The van der Waals surface area contributed by atoms with Gasteiger partial charge < -0.3 is 9.47 Å². The van der Waals surface area contributed by atoms with E-state index >= 15 is 0 Å². The Morgan fingerprint density at radius 3 is 2.30 bits per heavy atom. The van der Waals surface area contributed by atoms with E-state index in [2.05, 4.69) is 15.9 Å². The summed E-state index contributed by atoms with van der Waals surface area (Å²) in [5.74, 6) is -2.58. The number of methoxy groups -OCH3 is 1. The number of rotatable bonds is 4. The lowest BCUT2D eigenvalue weighted by atomic mass is 9.98. The predicted octanol–water partition coefficient (Wildman–Crippen LogP) is 6.21. The van der Waals surface area contributed by atoms with Gasteiger partial charge in [0.25, 0.3) is 0 Å². The van der Waals surface area contributed by atoms with Gasteiger partial charge in [-0.25, -0.2) is 8.78 Å². The van der Waals surface area contributed by atoms with Crippen LogP contribution < -0.4 is 9.47 Å². The second-order valence-corrected chi connectivity index (χ2v) is 6.27. The molecule has 0 saturated carbocycles. The average Bonchev–Trinajstić information content (AvgIpc) is 2.66. The molecule has 0 radical (unpaired) electrons. The maximum Gasteiger partial charge on any atom is 0.201 e. The van der Waals surface area contributed by atoms with Crippen LogP contribution in [-0.4, -0.2) is 7.11 Å². The topological polar surface area (TPSA) is 42.2 Å². The molecule has 0 bridgehead atoms. The number of benzene rings is 3. The number of ether oxygens (including phenoxy) is 2. The van der Waals surface area contributed by atoms with Gasteiger partial charge in [0, 0.05) is 11.1 Å². The highest BCUT2D eigenvalue weighted by molar-refractivity contribution is 9.10. The van der Waals surface area contributed by atoms with E-state index in [1.54, 1.807) is 6.07 Å². The third-order valence-corrected chi connectivity index (χ3v) is 4.43. The molecule has 7 heteroatoms. The summed E-state index contributed by atoms with van der Waals surface area (Å²) in [5, 5.41) is 9.57. The number of nitriles is 1. The average molecular weight is 434 g/mol. The highest BCUT2D eigenvalue weighted by Crippen LogP contribution is 2.38. The van der Waals surface area contributed by atoms with Crippen molar-refractivity contribution in [2.24, 2.45) is 0 Å². The molecule has 0 aliphatic carbocycles. The van der Waals surface area contributed by atoms with Crippen LogP contribution in [0.2, 0.25) is 0 Å². The maximum atomic E-state index is 14.5. The van der Waals surface area contributed by atoms with E-state index < -0.39 is 17.5 Å². The van der Waals surface area contributed by atoms with Gasteiger partial charge >= 0.3 is 0 Å². The van der Waals surface area contributed by atoms with Crippen LogP contribution in [0.25, 0.3) is 11.1 Å². The Hall–Kier alpha value is -2.98. The molecule has 0 N–H and O–H groups in total.